The Hall–Kier alpha value is -4.00. The van der Waals surface area contributed by atoms with Crippen LogP contribution < -0.4 is 9.64 Å². The average Bonchev–Trinajstić information content (AvgIpc) is 3.75. The molecule has 2 aromatic carbocycles. The van der Waals surface area contributed by atoms with Crippen molar-refractivity contribution in [2.75, 3.05) is 12.0 Å². The average molecular weight is 806 g/mol. The first-order chi connectivity index (χ1) is 24.5. The Morgan fingerprint density at radius 1 is 1.06 bits per heavy atom. The molecule has 8 rings (SSSR count). The molecule has 4 aliphatic rings. The second-order valence-corrected chi connectivity index (χ2v) is 18.0. The quantitative estimate of drug-likeness (QED) is 0.165. The van der Waals surface area contributed by atoms with Crippen molar-refractivity contribution in [3.63, 3.8) is 0 Å². The SMILES string of the molecule is COc1cc(Br)cc([C@H]2C3=CC[C@@H]4C(=O)N(C(C)(C)C)C(=O)[C@@H]4[C@@H]3C[C@H]3C(=O)N(c4cc(-c5sc6ccc(Cl)cc6c5C)nn4C)C(=O)[C@@]23C)c1O. The third-order valence-corrected chi connectivity index (χ3v) is 13.7. The van der Waals surface area contributed by atoms with Crippen LogP contribution in [0, 0.1) is 36.0 Å². The zero-order valence-electron chi connectivity index (χ0n) is 29.8. The van der Waals surface area contributed by atoms with Crippen molar-refractivity contribution < 1.29 is 29.0 Å². The molecule has 4 amide bonds. The number of phenolic OH excluding ortho intramolecular Hbond substituents is 1. The van der Waals surface area contributed by atoms with Gasteiger partial charge in [-0.3, -0.25) is 28.8 Å². The van der Waals surface area contributed by atoms with E-state index in [1.165, 1.54) is 16.9 Å². The number of hydrogen-bond donors (Lipinski definition) is 1. The lowest BCUT2D eigenvalue weighted by Gasteiger charge is -2.49. The maximum Gasteiger partial charge on any atom is 0.242 e. The van der Waals surface area contributed by atoms with Crippen molar-refractivity contribution in [1.29, 1.82) is 0 Å². The van der Waals surface area contributed by atoms with E-state index in [1.54, 1.807) is 48.2 Å². The van der Waals surface area contributed by atoms with E-state index >= 15 is 4.79 Å². The molecule has 3 fully saturated rings. The van der Waals surface area contributed by atoms with Crippen molar-refractivity contribution in [1.82, 2.24) is 14.7 Å². The molecule has 0 bridgehead atoms. The number of ether oxygens (including phenoxy) is 1. The van der Waals surface area contributed by atoms with Gasteiger partial charge in [0.25, 0.3) is 0 Å². The number of likely N-dealkylation sites (tertiary alicyclic amines) is 1. The first kappa shape index (κ1) is 35.1. The number of imide groups is 2. The fraction of sp³-hybridized carbons (Fsp3) is 0.410. The van der Waals surface area contributed by atoms with Crippen LogP contribution in [0.15, 0.2) is 52.5 Å². The molecule has 2 saturated heterocycles. The van der Waals surface area contributed by atoms with Crippen LogP contribution in [0.2, 0.25) is 5.02 Å². The van der Waals surface area contributed by atoms with E-state index in [4.69, 9.17) is 21.4 Å². The minimum atomic E-state index is -1.36. The molecule has 10 nitrogen and oxygen atoms in total. The molecule has 270 valence electrons. The van der Waals surface area contributed by atoms with Crippen molar-refractivity contribution in [2.24, 2.45) is 36.1 Å². The molecule has 4 heterocycles. The largest absolute Gasteiger partial charge is 0.504 e. The van der Waals surface area contributed by atoms with Crippen LogP contribution in [0.3, 0.4) is 0 Å². The van der Waals surface area contributed by atoms with Crippen LogP contribution in [0.25, 0.3) is 20.7 Å². The zero-order chi connectivity index (χ0) is 37.3. The number of aromatic nitrogens is 2. The number of nitrogens with zero attached hydrogens (tertiary/aromatic N) is 4. The monoisotopic (exact) mass is 804 g/mol. The highest BCUT2D eigenvalue weighted by molar-refractivity contribution is 9.10. The number of carbonyl (C=O) groups is 4. The maximum atomic E-state index is 15.1. The zero-order valence-corrected chi connectivity index (χ0v) is 32.9. The molecule has 1 N–H and O–H groups in total. The number of aromatic hydroxyl groups is 1. The topological polar surface area (TPSA) is 122 Å². The van der Waals surface area contributed by atoms with Gasteiger partial charge >= 0.3 is 0 Å². The first-order valence-corrected chi connectivity index (χ1v) is 19.2. The van der Waals surface area contributed by atoms with Crippen LogP contribution in [0.1, 0.15) is 57.6 Å². The number of rotatable bonds is 4. The van der Waals surface area contributed by atoms with E-state index in [0.29, 0.717) is 33.0 Å². The molecule has 6 atom stereocenters. The molecule has 1 saturated carbocycles. The fourth-order valence-electron chi connectivity index (χ4n) is 9.42. The minimum absolute atomic E-state index is 0.147. The molecule has 2 aromatic heterocycles. The van der Waals surface area contributed by atoms with E-state index in [0.717, 1.165) is 26.1 Å². The summed E-state index contributed by atoms with van der Waals surface area (Å²) in [5.74, 6) is -4.37. The lowest BCUT2D eigenvalue weighted by Crippen LogP contribution is -2.49. The molecule has 2 aliphatic heterocycles. The summed E-state index contributed by atoms with van der Waals surface area (Å²) in [6, 6.07) is 10.9. The van der Waals surface area contributed by atoms with Gasteiger partial charge in [0, 0.05) is 44.3 Å². The highest BCUT2D eigenvalue weighted by Gasteiger charge is 2.68. The summed E-state index contributed by atoms with van der Waals surface area (Å²) in [6.07, 6.45) is 2.49. The Kier molecular flexibility index (Phi) is 7.92. The van der Waals surface area contributed by atoms with Gasteiger partial charge in [-0.25, -0.2) is 4.90 Å². The van der Waals surface area contributed by atoms with E-state index in [9.17, 15) is 19.5 Å². The summed E-state index contributed by atoms with van der Waals surface area (Å²) in [5, 5.41) is 18.1. The van der Waals surface area contributed by atoms with Gasteiger partial charge in [0.15, 0.2) is 11.5 Å². The van der Waals surface area contributed by atoms with Crippen molar-refractivity contribution in [3.05, 3.63) is 68.7 Å². The van der Waals surface area contributed by atoms with Gasteiger partial charge in [0.05, 0.1) is 35.2 Å². The maximum absolute atomic E-state index is 15.1. The minimum Gasteiger partial charge on any atom is -0.504 e. The van der Waals surface area contributed by atoms with Gasteiger partial charge in [-0.1, -0.05) is 39.2 Å². The van der Waals surface area contributed by atoms with Crippen molar-refractivity contribution >= 4 is 78.4 Å². The van der Waals surface area contributed by atoms with E-state index in [-0.39, 0.29) is 29.7 Å². The van der Waals surface area contributed by atoms with Gasteiger partial charge in [-0.15, -0.1) is 11.3 Å². The highest BCUT2D eigenvalue weighted by atomic mass is 79.9. The van der Waals surface area contributed by atoms with Crippen LogP contribution in [0.5, 0.6) is 11.5 Å². The summed E-state index contributed by atoms with van der Waals surface area (Å²) >= 11 is 11.4. The molecular formula is C39H38BrClN4O6S. The molecule has 0 radical (unpaired) electrons. The number of thiophene rings is 1. The highest BCUT2D eigenvalue weighted by Crippen LogP contribution is 2.65. The summed E-state index contributed by atoms with van der Waals surface area (Å²) < 4.78 is 8.76. The molecule has 13 heteroatoms. The number of methoxy groups -OCH3 is 1. The predicted octanol–water partition coefficient (Wildman–Crippen LogP) is 7.77. The van der Waals surface area contributed by atoms with Crippen molar-refractivity contribution in [3.8, 4) is 22.1 Å². The van der Waals surface area contributed by atoms with Gasteiger partial charge in [0.2, 0.25) is 23.6 Å². The molecule has 2 aliphatic carbocycles. The second-order valence-electron chi connectivity index (χ2n) is 15.6. The standard InChI is InChI=1S/C39H38BrClN4O6S/c1-17-22-14-19(41)8-11-28(22)52-33(17)26-16-29(43(6)42-26)44-35(48)25-15-23-20(9-10-21-30(23)36(49)45(34(21)47)38(2,3)4)31(39(25,5)37(44)50)24-12-18(40)13-27(51-7)32(24)46/h8-9,11-14,16,21,23,25,30-31,46H,10,15H2,1-7H3/t21-,23+,25-,30-,31+,39+/m0/s1. The van der Waals surface area contributed by atoms with Gasteiger partial charge in [-0.05, 0) is 94.7 Å². The predicted molar refractivity (Wildman–Crippen MR) is 202 cm³/mol. The molecular weight excluding hydrogens is 768 g/mol. The third-order valence-electron chi connectivity index (χ3n) is 11.8. The number of halogens is 2. The van der Waals surface area contributed by atoms with Crippen molar-refractivity contribution in [2.45, 2.75) is 58.9 Å². The molecule has 0 unspecified atom stereocenters. The third kappa shape index (κ3) is 4.75. The number of fused-ring (bicyclic) bond motifs is 5. The van der Waals surface area contributed by atoms with Crippen LogP contribution in [-0.2, 0) is 26.2 Å². The Labute approximate surface area is 318 Å². The summed E-state index contributed by atoms with van der Waals surface area (Å²) in [7, 11) is 3.16. The lowest BCUT2D eigenvalue weighted by atomic mass is 9.51. The Balaban J connectivity index is 1.28. The number of amides is 4. The number of benzene rings is 2. The number of anilines is 1. The van der Waals surface area contributed by atoms with E-state index in [1.807, 2.05) is 52.0 Å². The van der Waals surface area contributed by atoms with Crippen LogP contribution >= 0.6 is 38.9 Å². The van der Waals surface area contributed by atoms with Crippen LogP contribution in [0.4, 0.5) is 5.82 Å². The smallest absolute Gasteiger partial charge is 0.242 e. The van der Waals surface area contributed by atoms with Gasteiger partial charge < -0.3 is 9.84 Å². The first-order valence-electron chi connectivity index (χ1n) is 17.2. The number of allylic oxidation sites excluding steroid dienone is 2. The number of aryl methyl sites for hydroxylation is 2. The summed E-state index contributed by atoms with van der Waals surface area (Å²) in [6.45, 7) is 9.32. The number of phenols is 1. The van der Waals surface area contributed by atoms with E-state index < -0.39 is 52.4 Å². The number of carbonyl (C=O) groups excluding carboxylic acids is 4. The molecule has 4 aromatic rings. The Morgan fingerprint density at radius 3 is 2.48 bits per heavy atom. The lowest BCUT2D eigenvalue weighted by molar-refractivity contribution is -0.145. The van der Waals surface area contributed by atoms with E-state index in [2.05, 4.69) is 15.9 Å². The Bertz CT molecular complexity index is 2310. The normalized spacial score (nSPS) is 27.3. The van der Waals surface area contributed by atoms with Crippen LogP contribution in [-0.4, -0.2) is 56.1 Å². The second kappa shape index (κ2) is 11.8. The summed E-state index contributed by atoms with van der Waals surface area (Å²) in [4.78, 5) is 61.5. The Morgan fingerprint density at radius 2 is 1.79 bits per heavy atom. The summed E-state index contributed by atoms with van der Waals surface area (Å²) in [5.41, 5.74) is 0.717. The number of hydrogen-bond acceptors (Lipinski definition) is 8. The van der Waals surface area contributed by atoms with Gasteiger partial charge in [0.1, 0.15) is 11.5 Å². The fourth-order valence-corrected chi connectivity index (χ4v) is 11.2. The molecule has 0 spiro atoms. The van der Waals surface area contributed by atoms with Gasteiger partial charge in [-0.2, -0.15) is 5.10 Å². The molecule has 52 heavy (non-hydrogen) atoms.